The zero-order valence-corrected chi connectivity index (χ0v) is 19.5. The molecule has 5 nitrogen and oxygen atoms in total. The molecule has 0 radical (unpaired) electrons. The minimum absolute atomic E-state index is 0. The number of anilines is 1. The Morgan fingerprint density at radius 3 is 2.38 bits per heavy atom. The van der Waals surface area contributed by atoms with Crippen LogP contribution in [0, 0.1) is 0 Å². The van der Waals surface area contributed by atoms with Crippen molar-refractivity contribution >= 4 is 11.8 Å². The van der Waals surface area contributed by atoms with Gasteiger partial charge in [0.15, 0.2) is 0 Å². The van der Waals surface area contributed by atoms with Crippen molar-refractivity contribution in [3.63, 3.8) is 0 Å². The third-order valence-corrected chi connectivity index (χ3v) is 5.31. The average molecular weight is 449 g/mol. The Balaban J connectivity index is 0.00000289. The number of nitrogens with zero attached hydrogens (tertiary/aromatic N) is 2. The van der Waals surface area contributed by atoms with Gasteiger partial charge in [-0.25, -0.2) is 9.97 Å². The topological polar surface area (TPSA) is 77.9 Å². The van der Waals surface area contributed by atoms with E-state index in [2.05, 4.69) is 15.3 Å². The van der Waals surface area contributed by atoms with Crippen LogP contribution in [0.15, 0.2) is 48.5 Å². The van der Waals surface area contributed by atoms with E-state index in [1.807, 2.05) is 0 Å². The summed E-state index contributed by atoms with van der Waals surface area (Å²) in [6.07, 6.45) is -1.73. The number of rotatable bonds is 5. The Hall–Kier alpha value is -2.42. The number of aromatic nitrogens is 2. The Bertz CT molecular complexity index is 1120. The van der Waals surface area contributed by atoms with Crippen LogP contribution in [0.25, 0.3) is 11.1 Å². The van der Waals surface area contributed by atoms with Gasteiger partial charge in [0.05, 0.1) is 5.97 Å². The number of halogens is 3. The minimum atomic E-state index is -4.60. The maximum Gasteiger partial charge on any atom is 1.00 e. The monoisotopic (exact) mass is 449 g/mol. The number of carbonyl (C=O) groups is 1. The first-order valence-electron chi connectivity index (χ1n) is 9.93. The quantitative estimate of drug-likeness (QED) is 0.589. The number of aromatic carboxylic acids is 1. The summed E-state index contributed by atoms with van der Waals surface area (Å²) in [7, 11) is 0. The number of carboxylic acid groups (broad SMARTS) is 1. The first-order valence-corrected chi connectivity index (χ1v) is 9.93. The number of benzene rings is 2. The number of hydrogen-bond acceptors (Lipinski definition) is 5. The molecule has 0 fully saturated rings. The van der Waals surface area contributed by atoms with Crippen molar-refractivity contribution in [2.75, 3.05) is 5.32 Å². The van der Waals surface area contributed by atoms with Crippen molar-refractivity contribution in [1.82, 2.24) is 9.97 Å². The summed E-state index contributed by atoms with van der Waals surface area (Å²) >= 11 is 0. The van der Waals surface area contributed by atoms with Gasteiger partial charge in [0.2, 0.25) is 5.82 Å². The maximum atomic E-state index is 13.2. The standard InChI is InChI=1S/C23H20F3N3O2.Na/c24-23(25,26)22-28-19-8-4-3-7-18(19)20(29-22)27-13-14-9-11-15(12-10-14)16-5-1-2-6-17(16)21(30)31;/h1-2,5-6,9-12H,3-4,7-8,13H2,(H,30,31)(H,27,28,29);/q;+1/p-1. The molecule has 2 aromatic carbocycles. The molecule has 0 amide bonds. The van der Waals surface area contributed by atoms with Crippen LogP contribution in [0.3, 0.4) is 0 Å². The predicted molar refractivity (Wildman–Crippen MR) is 107 cm³/mol. The van der Waals surface area contributed by atoms with E-state index in [0.29, 0.717) is 29.7 Å². The molecule has 1 aliphatic rings. The summed E-state index contributed by atoms with van der Waals surface area (Å²) < 4.78 is 39.6. The van der Waals surface area contributed by atoms with Crippen molar-refractivity contribution in [2.24, 2.45) is 0 Å². The van der Waals surface area contributed by atoms with E-state index < -0.39 is 18.0 Å². The molecule has 0 spiro atoms. The van der Waals surface area contributed by atoms with Gasteiger partial charge in [-0.3, -0.25) is 0 Å². The van der Waals surface area contributed by atoms with Gasteiger partial charge in [0, 0.05) is 23.4 Å². The van der Waals surface area contributed by atoms with Gasteiger partial charge in [-0.05, 0) is 42.4 Å². The maximum absolute atomic E-state index is 13.2. The minimum Gasteiger partial charge on any atom is -0.545 e. The van der Waals surface area contributed by atoms with E-state index in [1.54, 1.807) is 42.5 Å². The van der Waals surface area contributed by atoms with Crippen LogP contribution in [0.5, 0.6) is 0 Å². The molecule has 9 heteroatoms. The van der Waals surface area contributed by atoms with E-state index in [-0.39, 0.29) is 47.5 Å². The molecule has 32 heavy (non-hydrogen) atoms. The molecule has 0 saturated heterocycles. The van der Waals surface area contributed by atoms with Crippen LogP contribution >= 0.6 is 0 Å². The summed E-state index contributed by atoms with van der Waals surface area (Å²) in [5.74, 6) is -2.15. The molecule has 160 valence electrons. The van der Waals surface area contributed by atoms with Crippen LogP contribution in [0.2, 0.25) is 0 Å². The Kier molecular flexibility index (Phi) is 7.59. The van der Waals surface area contributed by atoms with Gasteiger partial charge in [0.25, 0.3) is 0 Å². The molecule has 0 aliphatic heterocycles. The van der Waals surface area contributed by atoms with E-state index in [9.17, 15) is 23.1 Å². The molecule has 1 heterocycles. The van der Waals surface area contributed by atoms with Gasteiger partial charge in [0.1, 0.15) is 5.82 Å². The molecule has 1 aliphatic carbocycles. The second kappa shape index (κ2) is 10.0. The predicted octanol–water partition coefficient (Wildman–Crippen LogP) is 1.02. The SMILES string of the molecule is O=C([O-])c1ccccc1-c1ccc(CNc2nc(C(F)(F)F)nc3c2CCCC3)cc1.[Na+]. The third-order valence-electron chi connectivity index (χ3n) is 5.31. The summed E-state index contributed by atoms with van der Waals surface area (Å²) in [6, 6.07) is 13.7. The molecular weight excluding hydrogens is 430 g/mol. The van der Waals surface area contributed by atoms with Crippen LogP contribution in [-0.2, 0) is 25.6 Å². The number of nitrogens with one attached hydrogen (secondary N) is 1. The molecule has 3 aromatic rings. The second-order valence-corrected chi connectivity index (χ2v) is 7.41. The van der Waals surface area contributed by atoms with Gasteiger partial charge in [-0.1, -0.05) is 48.5 Å². The molecule has 4 rings (SSSR count). The Morgan fingerprint density at radius 2 is 1.69 bits per heavy atom. The van der Waals surface area contributed by atoms with Gasteiger partial charge in [-0.2, -0.15) is 13.2 Å². The molecular formula is C23H19F3N3NaO2. The van der Waals surface area contributed by atoms with Crippen molar-refractivity contribution in [1.29, 1.82) is 0 Å². The summed E-state index contributed by atoms with van der Waals surface area (Å²) in [6.45, 7) is 0.281. The van der Waals surface area contributed by atoms with Crippen LogP contribution in [-0.4, -0.2) is 15.9 Å². The number of alkyl halides is 3. The number of carbonyl (C=O) groups excluding carboxylic acids is 1. The fourth-order valence-electron chi connectivity index (χ4n) is 3.77. The van der Waals surface area contributed by atoms with Crippen LogP contribution in [0.4, 0.5) is 19.0 Å². The molecule has 0 unspecified atom stereocenters. The molecule has 0 atom stereocenters. The number of fused-ring (bicyclic) bond motifs is 1. The molecule has 1 N–H and O–H groups in total. The van der Waals surface area contributed by atoms with Gasteiger partial charge >= 0.3 is 35.7 Å². The van der Waals surface area contributed by atoms with E-state index in [1.165, 1.54) is 6.07 Å². The summed E-state index contributed by atoms with van der Waals surface area (Å²) in [5, 5.41) is 14.4. The second-order valence-electron chi connectivity index (χ2n) is 7.41. The molecule has 0 bridgehead atoms. The molecule has 1 aromatic heterocycles. The summed E-state index contributed by atoms with van der Waals surface area (Å²) in [5.41, 5.74) is 3.39. The zero-order valence-electron chi connectivity index (χ0n) is 17.5. The molecule has 0 saturated carbocycles. The smallest absolute Gasteiger partial charge is 0.545 e. The van der Waals surface area contributed by atoms with Gasteiger partial charge in [-0.15, -0.1) is 0 Å². The van der Waals surface area contributed by atoms with Crippen molar-refractivity contribution in [2.45, 2.75) is 38.4 Å². The van der Waals surface area contributed by atoms with E-state index >= 15 is 0 Å². The first kappa shape index (κ1) is 24.2. The average Bonchev–Trinajstić information content (AvgIpc) is 2.77. The van der Waals surface area contributed by atoms with Gasteiger partial charge < -0.3 is 15.2 Å². The summed E-state index contributed by atoms with van der Waals surface area (Å²) in [4.78, 5) is 18.8. The number of carboxylic acids is 1. The Morgan fingerprint density at radius 1 is 1.00 bits per heavy atom. The first-order chi connectivity index (χ1) is 14.8. The Labute approximate surface area is 205 Å². The number of aryl methyl sites for hydroxylation is 1. The third kappa shape index (κ3) is 5.31. The fraction of sp³-hybridized carbons (Fsp3) is 0.261. The van der Waals surface area contributed by atoms with Crippen LogP contribution in [0.1, 0.15) is 45.8 Å². The van der Waals surface area contributed by atoms with Crippen molar-refractivity contribution in [3.05, 3.63) is 76.7 Å². The normalized spacial score (nSPS) is 13.1. The van der Waals surface area contributed by atoms with Crippen LogP contribution < -0.4 is 40.0 Å². The van der Waals surface area contributed by atoms with Crippen molar-refractivity contribution < 1.29 is 52.6 Å². The van der Waals surface area contributed by atoms with E-state index in [4.69, 9.17) is 0 Å². The van der Waals surface area contributed by atoms with E-state index in [0.717, 1.165) is 24.0 Å². The zero-order chi connectivity index (χ0) is 22.0. The fourth-order valence-corrected chi connectivity index (χ4v) is 3.77. The number of hydrogen-bond donors (Lipinski definition) is 1. The largest absolute Gasteiger partial charge is 1.00 e. The van der Waals surface area contributed by atoms with Crippen molar-refractivity contribution in [3.8, 4) is 11.1 Å².